The SMILES string of the molecule is CC(C)n1nccc1-c1cc(C(O)NC(C)(C)C#N)cc(-c2ccc(F)cc2)n1. The molecule has 0 aliphatic heterocycles. The number of pyridine rings is 1. The number of nitriles is 1. The summed E-state index contributed by atoms with van der Waals surface area (Å²) in [4.78, 5) is 4.73. The normalized spacial score (nSPS) is 12.8. The summed E-state index contributed by atoms with van der Waals surface area (Å²) < 4.78 is 15.2. The molecule has 6 nitrogen and oxygen atoms in total. The molecule has 150 valence electrons. The van der Waals surface area contributed by atoms with Gasteiger partial charge in [-0.05, 0) is 75.7 Å². The van der Waals surface area contributed by atoms with Crippen LogP contribution in [0.2, 0.25) is 0 Å². The Bertz CT molecular complexity index is 1030. The highest BCUT2D eigenvalue weighted by Crippen LogP contribution is 2.29. The van der Waals surface area contributed by atoms with Gasteiger partial charge in [-0.2, -0.15) is 10.4 Å². The molecular weight excluding hydrogens is 369 g/mol. The average molecular weight is 393 g/mol. The molecule has 2 aromatic heterocycles. The summed E-state index contributed by atoms with van der Waals surface area (Å²) in [5, 5.41) is 27.3. The van der Waals surface area contributed by atoms with Crippen molar-refractivity contribution in [1.82, 2.24) is 20.1 Å². The standard InChI is InChI=1S/C22H24FN5O/c1-14(2)28-20(9-10-25-28)19-12-16(21(29)27-22(3,4)13-24)11-18(26-19)15-5-7-17(23)8-6-15/h5-12,14,21,27,29H,1-4H3. The third kappa shape index (κ3) is 4.67. The van der Waals surface area contributed by atoms with Gasteiger partial charge in [0, 0.05) is 17.8 Å². The number of aliphatic hydroxyl groups excluding tert-OH is 1. The van der Waals surface area contributed by atoms with Crippen LogP contribution in [0.25, 0.3) is 22.6 Å². The van der Waals surface area contributed by atoms with Crippen molar-refractivity contribution in [3.8, 4) is 28.7 Å². The van der Waals surface area contributed by atoms with Crippen molar-refractivity contribution >= 4 is 0 Å². The Hall–Kier alpha value is -3.08. The summed E-state index contributed by atoms with van der Waals surface area (Å²) in [5.74, 6) is -0.333. The quantitative estimate of drug-likeness (QED) is 0.613. The molecule has 0 fully saturated rings. The van der Waals surface area contributed by atoms with Crippen molar-refractivity contribution in [1.29, 1.82) is 5.26 Å². The number of nitrogens with zero attached hydrogens (tertiary/aromatic N) is 4. The van der Waals surface area contributed by atoms with E-state index in [-0.39, 0.29) is 11.9 Å². The maximum absolute atomic E-state index is 13.4. The van der Waals surface area contributed by atoms with E-state index in [1.807, 2.05) is 24.6 Å². The second kappa shape index (κ2) is 8.11. The van der Waals surface area contributed by atoms with Gasteiger partial charge in [-0.3, -0.25) is 10.00 Å². The van der Waals surface area contributed by atoms with Crippen LogP contribution in [0.4, 0.5) is 4.39 Å². The van der Waals surface area contributed by atoms with E-state index in [4.69, 9.17) is 4.98 Å². The number of nitrogens with one attached hydrogen (secondary N) is 1. The Morgan fingerprint density at radius 1 is 1.14 bits per heavy atom. The Morgan fingerprint density at radius 2 is 1.79 bits per heavy atom. The number of benzene rings is 1. The van der Waals surface area contributed by atoms with E-state index < -0.39 is 11.8 Å². The predicted molar refractivity (Wildman–Crippen MR) is 109 cm³/mol. The Morgan fingerprint density at radius 3 is 2.41 bits per heavy atom. The van der Waals surface area contributed by atoms with Crippen LogP contribution >= 0.6 is 0 Å². The van der Waals surface area contributed by atoms with Gasteiger partial charge in [0.05, 0.1) is 23.2 Å². The number of hydrogen-bond donors (Lipinski definition) is 2. The predicted octanol–water partition coefficient (Wildman–Crippen LogP) is 4.21. The number of aromatic nitrogens is 3. The van der Waals surface area contributed by atoms with Gasteiger partial charge in [0.1, 0.15) is 17.6 Å². The molecule has 2 heterocycles. The zero-order valence-electron chi connectivity index (χ0n) is 16.9. The van der Waals surface area contributed by atoms with Crippen LogP contribution in [0.5, 0.6) is 0 Å². The first-order valence-corrected chi connectivity index (χ1v) is 9.39. The molecule has 0 aliphatic carbocycles. The molecule has 0 saturated heterocycles. The number of hydrogen-bond acceptors (Lipinski definition) is 5. The Balaban J connectivity index is 2.13. The first kappa shape index (κ1) is 20.6. The van der Waals surface area contributed by atoms with Crippen molar-refractivity contribution in [2.45, 2.75) is 45.5 Å². The lowest BCUT2D eigenvalue weighted by atomic mass is 10.0. The highest BCUT2D eigenvalue weighted by atomic mass is 19.1. The van der Waals surface area contributed by atoms with Crippen molar-refractivity contribution in [2.75, 3.05) is 0 Å². The molecule has 0 aliphatic rings. The lowest BCUT2D eigenvalue weighted by molar-refractivity contribution is 0.115. The first-order chi connectivity index (χ1) is 13.7. The fourth-order valence-corrected chi connectivity index (χ4v) is 3.00. The van der Waals surface area contributed by atoms with Crippen molar-refractivity contribution in [3.05, 3.63) is 60.0 Å². The van der Waals surface area contributed by atoms with Crippen LogP contribution in [0, 0.1) is 17.1 Å². The maximum atomic E-state index is 13.4. The third-order valence-corrected chi connectivity index (χ3v) is 4.50. The summed E-state index contributed by atoms with van der Waals surface area (Å²) in [7, 11) is 0. The molecule has 0 amide bonds. The second-order valence-corrected chi connectivity index (χ2v) is 7.72. The van der Waals surface area contributed by atoms with Crippen LogP contribution in [0.15, 0.2) is 48.7 Å². The smallest absolute Gasteiger partial charge is 0.132 e. The molecule has 1 unspecified atom stereocenters. The lowest BCUT2D eigenvalue weighted by Gasteiger charge is -2.23. The molecule has 3 aromatic rings. The molecule has 3 rings (SSSR count). The van der Waals surface area contributed by atoms with Gasteiger partial charge >= 0.3 is 0 Å². The molecule has 2 N–H and O–H groups in total. The molecular formula is C22H24FN5O. The van der Waals surface area contributed by atoms with Gasteiger partial charge < -0.3 is 5.11 Å². The topological polar surface area (TPSA) is 86.8 Å². The van der Waals surface area contributed by atoms with Crippen LogP contribution in [0.1, 0.15) is 45.5 Å². The second-order valence-electron chi connectivity index (χ2n) is 7.72. The lowest BCUT2D eigenvalue weighted by Crippen LogP contribution is -2.40. The molecule has 29 heavy (non-hydrogen) atoms. The minimum absolute atomic E-state index is 0.125. The van der Waals surface area contributed by atoms with Gasteiger partial charge in [-0.15, -0.1) is 0 Å². The van der Waals surface area contributed by atoms with Crippen molar-refractivity contribution in [2.24, 2.45) is 0 Å². The van der Waals surface area contributed by atoms with Crippen molar-refractivity contribution < 1.29 is 9.50 Å². The zero-order valence-corrected chi connectivity index (χ0v) is 16.9. The van der Waals surface area contributed by atoms with E-state index in [9.17, 15) is 14.8 Å². The third-order valence-electron chi connectivity index (χ3n) is 4.50. The number of rotatable bonds is 6. The van der Waals surface area contributed by atoms with Crippen LogP contribution in [-0.2, 0) is 0 Å². The van der Waals surface area contributed by atoms with Gasteiger partial charge in [-0.25, -0.2) is 9.37 Å². The van der Waals surface area contributed by atoms with Gasteiger partial charge in [-0.1, -0.05) is 0 Å². The van der Waals surface area contributed by atoms with E-state index in [0.717, 1.165) is 11.3 Å². The average Bonchev–Trinajstić information content (AvgIpc) is 3.18. The molecule has 1 aromatic carbocycles. The monoisotopic (exact) mass is 393 g/mol. The van der Waals surface area contributed by atoms with Crippen LogP contribution < -0.4 is 5.32 Å². The number of aliphatic hydroxyl groups is 1. The Labute approximate surface area is 169 Å². The zero-order chi connectivity index (χ0) is 21.2. The van der Waals surface area contributed by atoms with Crippen LogP contribution in [0.3, 0.4) is 0 Å². The molecule has 0 bridgehead atoms. The van der Waals surface area contributed by atoms with Crippen molar-refractivity contribution in [3.63, 3.8) is 0 Å². The van der Waals surface area contributed by atoms with Gasteiger partial charge in [0.2, 0.25) is 0 Å². The minimum Gasteiger partial charge on any atom is -0.374 e. The van der Waals surface area contributed by atoms with E-state index in [1.165, 1.54) is 12.1 Å². The highest BCUT2D eigenvalue weighted by Gasteiger charge is 2.23. The van der Waals surface area contributed by atoms with E-state index >= 15 is 0 Å². The largest absolute Gasteiger partial charge is 0.374 e. The van der Waals surface area contributed by atoms with E-state index in [0.29, 0.717) is 17.0 Å². The molecule has 1 atom stereocenters. The Kier molecular flexibility index (Phi) is 5.78. The first-order valence-electron chi connectivity index (χ1n) is 9.39. The summed E-state index contributed by atoms with van der Waals surface area (Å²) in [5.41, 5.74) is 2.37. The van der Waals surface area contributed by atoms with Crippen LogP contribution in [-0.4, -0.2) is 25.4 Å². The molecule has 0 spiro atoms. The summed E-state index contributed by atoms with van der Waals surface area (Å²) in [6.07, 6.45) is 0.621. The summed E-state index contributed by atoms with van der Waals surface area (Å²) >= 11 is 0. The van der Waals surface area contributed by atoms with E-state index in [2.05, 4.69) is 16.5 Å². The van der Waals surface area contributed by atoms with Gasteiger partial charge in [0.25, 0.3) is 0 Å². The minimum atomic E-state index is -1.08. The maximum Gasteiger partial charge on any atom is 0.132 e. The molecule has 0 saturated carbocycles. The van der Waals surface area contributed by atoms with E-state index in [1.54, 1.807) is 44.3 Å². The molecule has 0 radical (unpaired) electrons. The number of halogens is 1. The molecule has 7 heteroatoms. The van der Waals surface area contributed by atoms with Gasteiger partial charge in [0.15, 0.2) is 0 Å². The fraction of sp³-hybridized carbons (Fsp3) is 0.318. The fourth-order valence-electron chi connectivity index (χ4n) is 3.00. The highest BCUT2D eigenvalue weighted by molar-refractivity contribution is 5.66. The summed E-state index contributed by atoms with van der Waals surface area (Å²) in [6, 6.07) is 13.6. The summed E-state index contributed by atoms with van der Waals surface area (Å²) in [6.45, 7) is 7.42.